The highest BCUT2D eigenvalue weighted by atomic mass is 32.2. The van der Waals surface area contributed by atoms with Gasteiger partial charge in [-0.2, -0.15) is 0 Å². The lowest BCUT2D eigenvalue weighted by atomic mass is 10.2. The van der Waals surface area contributed by atoms with E-state index in [2.05, 4.69) is 10.2 Å². The molecule has 1 aromatic carbocycles. The Bertz CT molecular complexity index is 941. The van der Waals surface area contributed by atoms with Crippen LogP contribution in [0.3, 0.4) is 0 Å². The van der Waals surface area contributed by atoms with Crippen molar-refractivity contribution in [2.75, 3.05) is 12.3 Å². The lowest BCUT2D eigenvalue weighted by Crippen LogP contribution is -2.34. The van der Waals surface area contributed by atoms with Crippen molar-refractivity contribution in [2.45, 2.75) is 31.6 Å². The van der Waals surface area contributed by atoms with Crippen molar-refractivity contribution in [1.82, 2.24) is 19.7 Å². The molecule has 2 aromatic heterocycles. The number of thioether (sulfide) groups is 1. The van der Waals surface area contributed by atoms with Crippen LogP contribution in [-0.4, -0.2) is 43.8 Å². The van der Waals surface area contributed by atoms with Gasteiger partial charge in [0.05, 0.1) is 10.6 Å². The van der Waals surface area contributed by atoms with Crippen LogP contribution >= 0.6 is 23.1 Å². The minimum Gasteiger partial charge on any atom is -0.370 e. The van der Waals surface area contributed by atoms with Crippen molar-refractivity contribution in [1.29, 1.82) is 0 Å². The molecule has 152 valence electrons. The Morgan fingerprint density at radius 2 is 1.97 bits per heavy atom. The van der Waals surface area contributed by atoms with Crippen LogP contribution in [0.2, 0.25) is 0 Å². The van der Waals surface area contributed by atoms with Crippen LogP contribution in [0.5, 0.6) is 0 Å². The number of nitrogens with zero attached hydrogens (tertiary/aromatic N) is 4. The third kappa shape index (κ3) is 5.68. The molecule has 29 heavy (non-hydrogen) atoms. The smallest absolute Gasteiger partial charge is 0.233 e. The Morgan fingerprint density at radius 3 is 2.62 bits per heavy atom. The molecule has 0 bridgehead atoms. The monoisotopic (exact) mass is 429 g/mol. The topological polar surface area (TPSA) is 94.1 Å². The highest BCUT2D eigenvalue weighted by Gasteiger charge is 2.19. The number of amides is 2. The van der Waals surface area contributed by atoms with Crippen molar-refractivity contribution in [3.8, 4) is 10.7 Å². The van der Waals surface area contributed by atoms with Gasteiger partial charge in [-0.1, -0.05) is 48.2 Å². The molecule has 0 atom stereocenters. The minimum absolute atomic E-state index is 0.0663. The van der Waals surface area contributed by atoms with E-state index in [1.165, 1.54) is 11.8 Å². The molecule has 0 saturated heterocycles. The summed E-state index contributed by atoms with van der Waals surface area (Å²) in [6, 6.07) is 13.7. The van der Waals surface area contributed by atoms with Crippen LogP contribution in [-0.2, 0) is 22.7 Å². The van der Waals surface area contributed by atoms with E-state index < -0.39 is 5.91 Å². The van der Waals surface area contributed by atoms with Gasteiger partial charge in [0.25, 0.3) is 0 Å². The van der Waals surface area contributed by atoms with Crippen LogP contribution in [0.25, 0.3) is 10.7 Å². The van der Waals surface area contributed by atoms with Crippen molar-refractivity contribution in [3.05, 3.63) is 53.4 Å². The standard InChI is InChI=1S/C20H23N5O2S2/c1-2-25-19(16-9-6-12-28-16)22-23-20(25)29-14-18(27)24(11-10-17(21)26)13-15-7-4-3-5-8-15/h3-9,12H,2,10-11,13-14H2,1H3,(H2,21,26). The maximum atomic E-state index is 12.9. The first-order valence-electron chi connectivity index (χ1n) is 9.28. The summed E-state index contributed by atoms with van der Waals surface area (Å²) in [4.78, 5) is 26.8. The van der Waals surface area contributed by atoms with E-state index in [4.69, 9.17) is 5.73 Å². The van der Waals surface area contributed by atoms with Gasteiger partial charge >= 0.3 is 0 Å². The SMILES string of the molecule is CCn1c(SCC(=O)N(CCC(N)=O)Cc2ccccc2)nnc1-c1cccs1. The number of carbonyl (C=O) groups is 2. The Labute approximate surface area is 177 Å². The molecule has 0 saturated carbocycles. The number of thiophene rings is 1. The predicted octanol–water partition coefficient (Wildman–Crippen LogP) is 3.02. The van der Waals surface area contributed by atoms with E-state index >= 15 is 0 Å². The average Bonchev–Trinajstić information content (AvgIpc) is 3.39. The fourth-order valence-electron chi connectivity index (χ4n) is 2.83. The summed E-state index contributed by atoms with van der Waals surface area (Å²) in [6.45, 7) is 3.48. The van der Waals surface area contributed by atoms with Gasteiger partial charge in [0.15, 0.2) is 11.0 Å². The zero-order valence-electron chi connectivity index (χ0n) is 16.2. The minimum atomic E-state index is -0.421. The van der Waals surface area contributed by atoms with Crippen molar-refractivity contribution >= 4 is 34.9 Å². The number of carbonyl (C=O) groups excluding carboxylic acids is 2. The maximum Gasteiger partial charge on any atom is 0.233 e. The molecule has 0 aliphatic heterocycles. The van der Waals surface area contributed by atoms with Crippen LogP contribution in [0.15, 0.2) is 53.0 Å². The molecular weight excluding hydrogens is 406 g/mol. The second-order valence-corrected chi connectivity index (χ2v) is 8.22. The number of aromatic nitrogens is 3. The molecule has 0 unspecified atom stereocenters. The normalized spacial score (nSPS) is 10.8. The fourth-order valence-corrected chi connectivity index (χ4v) is 4.45. The van der Waals surface area contributed by atoms with Crippen LogP contribution in [0.1, 0.15) is 18.9 Å². The summed E-state index contributed by atoms with van der Waals surface area (Å²) in [6.07, 6.45) is 0.136. The summed E-state index contributed by atoms with van der Waals surface area (Å²) >= 11 is 2.96. The van der Waals surface area contributed by atoms with Gasteiger partial charge in [0.1, 0.15) is 0 Å². The van der Waals surface area contributed by atoms with Crippen molar-refractivity contribution in [3.63, 3.8) is 0 Å². The van der Waals surface area contributed by atoms with Gasteiger partial charge < -0.3 is 15.2 Å². The van der Waals surface area contributed by atoms with Crippen LogP contribution in [0.4, 0.5) is 0 Å². The Morgan fingerprint density at radius 1 is 1.17 bits per heavy atom. The molecule has 0 aliphatic rings. The molecule has 2 N–H and O–H groups in total. The maximum absolute atomic E-state index is 12.9. The predicted molar refractivity (Wildman–Crippen MR) is 115 cm³/mol. The average molecular weight is 430 g/mol. The molecule has 7 nitrogen and oxygen atoms in total. The molecule has 3 aromatic rings. The summed E-state index contributed by atoms with van der Waals surface area (Å²) in [5.74, 6) is 0.541. The third-order valence-corrected chi connectivity index (χ3v) is 6.11. The van der Waals surface area contributed by atoms with Crippen LogP contribution < -0.4 is 5.73 Å². The summed E-state index contributed by atoms with van der Waals surface area (Å²) in [5.41, 5.74) is 6.29. The van der Waals surface area contributed by atoms with Gasteiger partial charge in [-0.3, -0.25) is 9.59 Å². The number of hydrogen-bond acceptors (Lipinski definition) is 6. The molecule has 0 fully saturated rings. The van der Waals surface area contributed by atoms with E-state index in [0.717, 1.165) is 16.3 Å². The van der Waals surface area contributed by atoms with Crippen LogP contribution in [0, 0.1) is 0 Å². The molecule has 0 radical (unpaired) electrons. The number of rotatable bonds is 10. The largest absolute Gasteiger partial charge is 0.370 e. The first kappa shape index (κ1) is 21.1. The number of benzene rings is 1. The number of primary amides is 1. The first-order valence-corrected chi connectivity index (χ1v) is 11.1. The molecule has 9 heteroatoms. The van der Waals surface area contributed by atoms with Crippen molar-refractivity contribution in [2.24, 2.45) is 5.73 Å². The van der Waals surface area contributed by atoms with Gasteiger partial charge in [0, 0.05) is 26.1 Å². The van der Waals surface area contributed by atoms with E-state index in [0.29, 0.717) is 24.8 Å². The van der Waals surface area contributed by atoms with Gasteiger partial charge in [0.2, 0.25) is 11.8 Å². The third-order valence-electron chi connectivity index (χ3n) is 4.30. The molecule has 3 rings (SSSR count). The van der Waals surface area contributed by atoms with E-state index in [1.54, 1.807) is 16.2 Å². The quantitative estimate of drug-likeness (QED) is 0.500. The Kier molecular flexibility index (Phi) is 7.42. The van der Waals surface area contributed by atoms with Gasteiger partial charge in [-0.25, -0.2) is 0 Å². The Hall–Kier alpha value is -2.65. The van der Waals surface area contributed by atoms with E-state index in [-0.39, 0.29) is 18.1 Å². The van der Waals surface area contributed by atoms with Crippen molar-refractivity contribution < 1.29 is 9.59 Å². The molecular formula is C20H23N5O2S2. The molecule has 0 aliphatic carbocycles. The Balaban J connectivity index is 1.68. The molecule has 0 spiro atoms. The zero-order valence-corrected chi connectivity index (χ0v) is 17.8. The second kappa shape index (κ2) is 10.2. The second-order valence-electron chi connectivity index (χ2n) is 6.33. The lowest BCUT2D eigenvalue weighted by molar-refractivity contribution is -0.129. The number of nitrogens with two attached hydrogens (primary N) is 1. The van der Waals surface area contributed by atoms with E-state index in [9.17, 15) is 9.59 Å². The summed E-state index contributed by atoms with van der Waals surface area (Å²) < 4.78 is 2.01. The van der Waals surface area contributed by atoms with Gasteiger partial charge in [-0.05, 0) is 23.9 Å². The lowest BCUT2D eigenvalue weighted by Gasteiger charge is -2.22. The number of hydrogen-bond donors (Lipinski definition) is 1. The van der Waals surface area contributed by atoms with Gasteiger partial charge in [-0.15, -0.1) is 21.5 Å². The summed E-state index contributed by atoms with van der Waals surface area (Å²) in [7, 11) is 0. The van der Waals surface area contributed by atoms with E-state index in [1.807, 2.05) is 59.3 Å². The fraction of sp³-hybridized carbons (Fsp3) is 0.300. The molecule has 2 amide bonds. The highest BCUT2D eigenvalue weighted by Crippen LogP contribution is 2.27. The summed E-state index contributed by atoms with van der Waals surface area (Å²) in [5, 5.41) is 11.3. The highest BCUT2D eigenvalue weighted by molar-refractivity contribution is 7.99. The zero-order chi connectivity index (χ0) is 20.6. The molecule has 2 heterocycles. The first-order chi connectivity index (χ1) is 14.1.